The predicted octanol–water partition coefficient (Wildman–Crippen LogP) is -10.2. The standard InChI is InChI=1S/CH2I2.4ClH.Ti/c2-1-3;;;;;/h1H2;4*1H;/q;;;;;+4/p-4. The Morgan fingerprint density at radius 3 is 0.750 bits per heavy atom. The molecular weight excluding hydrogens is 455 g/mol. The van der Waals surface area contributed by atoms with Gasteiger partial charge in [0.1, 0.15) is 0 Å². The van der Waals surface area contributed by atoms with Gasteiger partial charge in [-0.25, -0.2) is 0 Å². The molecule has 0 atom stereocenters. The molecule has 0 aliphatic rings. The summed E-state index contributed by atoms with van der Waals surface area (Å²) in [7, 11) is 0. The molecule has 0 nitrogen and oxygen atoms in total. The van der Waals surface area contributed by atoms with Crippen molar-refractivity contribution < 1.29 is 71.3 Å². The molecule has 0 aliphatic carbocycles. The molecule has 0 rings (SSSR count). The fraction of sp³-hybridized carbons (Fsp3) is 1.00. The first-order chi connectivity index (χ1) is 1.41. The molecule has 0 fully saturated rings. The van der Waals surface area contributed by atoms with Crippen molar-refractivity contribution in [2.75, 3.05) is 2.43 Å². The fourth-order valence-corrected chi connectivity index (χ4v) is 0. The van der Waals surface area contributed by atoms with Crippen LogP contribution in [-0.2, 0) is 21.7 Å². The van der Waals surface area contributed by atoms with E-state index in [1.54, 1.807) is 0 Å². The predicted molar refractivity (Wildman–Crippen MR) is 32.9 cm³/mol. The van der Waals surface area contributed by atoms with Crippen molar-refractivity contribution in [2.45, 2.75) is 0 Å². The Hall–Kier alpha value is 3.33. The van der Waals surface area contributed by atoms with Crippen LogP contribution in [0.2, 0.25) is 0 Å². The van der Waals surface area contributed by atoms with Gasteiger partial charge in [-0.1, -0.05) is 45.2 Å². The maximum Gasteiger partial charge on any atom is 4.00 e. The van der Waals surface area contributed by atoms with E-state index in [1.165, 1.54) is 2.43 Å². The number of hydrogen-bond donors (Lipinski definition) is 0. The van der Waals surface area contributed by atoms with Crippen LogP contribution < -0.4 is 49.6 Å². The van der Waals surface area contributed by atoms with Gasteiger partial charge < -0.3 is 49.6 Å². The van der Waals surface area contributed by atoms with Crippen molar-refractivity contribution >= 4 is 45.2 Å². The van der Waals surface area contributed by atoms with Crippen LogP contribution in [0.15, 0.2) is 0 Å². The first-order valence-electron chi connectivity index (χ1n) is 0.535. The molecule has 52 valence electrons. The summed E-state index contributed by atoms with van der Waals surface area (Å²) < 4.78 is 1.19. The SMILES string of the molecule is ICI.[Cl-].[Cl-].[Cl-].[Cl-].[Ti+4]. The quantitative estimate of drug-likeness (QED) is 0.193. The van der Waals surface area contributed by atoms with Crippen molar-refractivity contribution in [3.05, 3.63) is 0 Å². The Kier molecular flexibility index (Phi) is 255. The van der Waals surface area contributed by atoms with Crippen molar-refractivity contribution in [1.29, 1.82) is 0 Å². The smallest absolute Gasteiger partial charge is 1.00 e. The number of rotatable bonds is 0. The molecule has 0 aliphatic heterocycles. The van der Waals surface area contributed by atoms with E-state index < -0.39 is 0 Å². The monoisotopic (exact) mass is 456 g/mol. The van der Waals surface area contributed by atoms with Crippen LogP contribution in [0.5, 0.6) is 0 Å². The molecule has 0 aromatic carbocycles. The van der Waals surface area contributed by atoms with Gasteiger partial charge in [0.2, 0.25) is 0 Å². The van der Waals surface area contributed by atoms with Crippen molar-refractivity contribution in [3.63, 3.8) is 0 Å². The van der Waals surface area contributed by atoms with E-state index in [4.69, 9.17) is 0 Å². The summed E-state index contributed by atoms with van der Waals surface area (Å²) in [6, 6.07) is 0. The third kappa shape index (κ3) is 58.3. The molecule has 0 unspecified atom stereocenters. The summed E-state index contributed by atoms with van der Waals surface area (Å²) in [6.45, 7) is 0. The van der Waals surface area contributed by atoms with Crippen LogP contribution >= 0.6 is 45.2 Å². The Morgan fingerprint density at radius 1 is 0.750 bits per heavy atom. The minimum Gasteiger partial charge on any atom is -1.00 e. The molecule has 0 aromatic heterocycles. The maximum atomic E-state index is 2.28. The van der Waals surface area contributed by atoms with Crippen LogP contribution in [0, 0.1) is 0 Å². The van der Waals surface area contributed by atoms with Crippen LogP contribution in [0.4, 0.5) is 0 Å². The van der Waals surface area contributed by atoms with E-state index >= 15 is 0 Å². The zero-order chi connectivity index (χ0) is 2.71. The first kappa shape index (κ1) is 42.5. The van der Waals surface area contributed by atoms with Gasteiger partial charge in [0.05, 0.1) is 2.43 Å². The largest absolute Gasteiger partial charge is 4.00 e. The molecule has 0 saturated carbocycles. The number of halogens is 6. The van der Waals surface area contributed by atoms with Gasteiger partial charge in [-0.3, -0.25) is 0 Å². The average molecular weight is 458 g/mol. The van der Waals surface area contributed by atoms with E-state index in [0.717, 1.165) is 0 Å². The Balaban J connectivity index is -0.00000000200. The second-order valence-corrected chi connectivity index (χ2v) is 4.55. The van der Waals surface area contributed by atoms with E-state index in [2.05, 4.69) is 45.2 Å². The normalized spacial score (nSPS) is 2.25. The Morgan fingerprint density at radius 2 is 0.750 bits per heavy atom. The number of alkyl halides is 2. The third-order valence-corrected chi connectivity index (χ3v) is 0. The molecule has 0 heterocycles. The van der Waals surface area contributed by atoms with Gasteiger partial charge in [0.25, 0.3) is 0 Å². The number of hydrogen-bond acceptors (Lipinski definition) is 0. The summed E-state index contributed by atoms with van der Waals surface area (Å²) in [4.78, 5) is 0. The topological polar surface area (TPSA) is 0 Å². The van der Waals surface area contributed by atoms with E-state index in [9.17, 15) is 0 Å². The molecular formula is CH2Cl4I2Ti. The zero-order valence-corrected chi connectivity index (χ0v) is 12.4. The Labute approximate surface area is 117 Å². The molecule has 0 N–H and O–H groups in total. The van der Waals surface area contributed by atoms with Crippen molar-refractivity contribution in [3.8, 4) is 0 Å². The maximum absolute atomic E-state index is 2.28. The minimum absolute atomic E-state index is 0. The second-order valence-electron chi connectivity index (χ2n) is 0.101. The van der Waals surface area contributed by atoms with E-state index in [-0.39, 0.29) is 71.3 Å². The summed E-state index contributed by atoms with van der Waals surface area (Å²) >= 11 is 4.55. The second kappa shape index (κ2) is 47.9. The third-order valence-electron chi connectivity index (χ3n) is 0. The fourth-order valence-electron chi connectivity index (χ4n) is 0. The van der Waals surface area contributed by atoms with Gasteiger partial charge in [0.15, 0.2) is 0 Å². The van der Waals surface area contributed by atoms with Crippen LogP contribution in [-0.4, -0.2) is 2.43 Å². The molecule has 0 aromatic rings. The average Bonchev–Trinajstić information content (AvgIpc) is 0.918. The van der Waals surface area contributed by atoms with Gasteiger partial charge in [0, 0.05) is 0 Å². The van der Waals surface area contributed by atoms with Crippen LogP contribution in [0.3, 0.4) is 0 Å². The van der Waals surface area contributed by atoms with E-state index in [0.29, 0.717) is 0 Å². The summed E-state index contributed by atoms with van der Waals surface area (Å²) in [5, 5.41) is 0. The van der Waals surface area contributed by atoms with Gasteiger partial charge >= 0.3 is 21.7 Å². The Bertz CT molecular complexity index is 14.0. The molecule has 0 amide bonds. The first-order valence-corrected chi connectivity index (χ1v) is 3.59. The van der Waals surface area contributed by atoms with E-state index in [1.807, 2.05) is 0 Å². The molecule has 0 spiro atoms. The van der Waals surface area contributed by atoms with Crippen molar-refractivity contribution in [2.24, 2.45) is 0 Å². The van der Waals surface area contributed by atoms with Gasteiger partial charge in [-0.05, 0) is 0 Å². The van der Waals surface area contributed by atoms with Gasteiger partial charge in [-0.2, -0.15) is 0 Å². The van der Waals surface area contributed by atoms with Crippen LogP contribution in [0.1, 0.15) is 0 Å². The molecule has 0 saturated heterocycles. The zero-order valence-electron chi connectivity index (χ0n) is 3.47. The summed E-state index contributed by atoms with van der Waals surface area (Å²) in [5.74, 6) is 0. The summed E-state index contributed by atoms with van der Waals surface area (Å²) in [5.41, 5.74) is 0. The van der Waals surface area contributed by atoms with Crippen molar-refractivity contribution in [1.82, 2.24) is 0 Å². The van der Waals surface area contributed by atoms with Crippen LogP contribution in [0.25, 0.3) is 0 Å². The summed E-state index contributed by atoms with van der Waals surface area (Å²) in [6.07, 6.45) is 0. The minimum atomic E-state index is 0. The molecule has 0 bridgehead atoms. The molecule has 0 radical (unpaired) electrons. The molecule has 8 heavy (non-hydrogen) atoms. The molecule has 7 heteroatoms. The van der Waals surface area contributed by atoms with Gasteiger partial charge in [-0.15, -0.1) is 0 Å².